The summed E-state index contributed by atoms with van der Waals surface area (Å²) in [6.45, 7) is 4.12. The van der Waals surface area contributed by atoms with Gasteiger partial charge in [0, 0.05) is 0 Å². The highest BCUT2D eigenvalue weighted by molar-refractivity contribution is 5.20. The van der Waals surface area contributed by atoms with Crippen LogP contribution >= 0.6 is 0 Å². The maximum atomic E-state index is 14.0. The van der Waals surface area contributed by atoms with Crippen molar-refractivity contribution in [2.24, 2.45) is 17.8 Å². The molecule has 4 aliphatic rings. The molecule has 0 aromatic carbocycles. The van der Waals surface area contributed by atoms with Crippen LogP contribution in [0, 0.1) is 17.8 Å². The standard InChI is InChI=1S/C11H15F/c1-7-9-2-8-3-10(7)6-11(12,4-8)5-9/h8-10H,1-6H2/t8?,9-,10+,11?. The van der Waals surface area contributed by atoms with Gasteiger partial charge in [-0.15, -0.1) is 0 Å². The molecule has 0 heterocycles. The van der Waals surface area contributed by atoms with E-state index in [1.54, 1.807) is 0 Å². The molecule has 1 heteroatoms. The zero-order chi connectivity index (χ0) is 8.34. The Morgan fingerprint density at radius 3 is 2.25 bits per heavy atom. The fourth-order valence-corrected chi connectivity index (χ4v) is 3.78. The van der Waals surface area contributed by atoms with Crippen molar-refractivity contribution in [1.29, 1.82) is 0 Å². The Hall–Kier alpha value is -0.330. The largest absolute Gasteiger partial charge is 0.244 e. The van der Waals surface area contributed by atoms with E-state index >= 15 is 0 Å². The predicted molar refractivity (Wildman–Crippen MR) is 46.5 cm³/mol. The maximum Gasteiger partial charge on any atom is 0.112 e. The molecule has 66 valence electrons. The molecule has 0 saturated heterocycles. The topological polar surface area (TPSA) is 0 Å². The molecule has 4 atom stereocenters. The molecule has 0 N–H and O–H groups in total. The van der Waals surface area contributed by atoms with Crippen LogP contribution in [-0.2, 0) is 0 Å². The Bertz CT molecular complexity index is 225. The van der Waals surface area contributed by atoms with Crippen LogP contribution < -0.4 is 0 Å². The van der Waals surface area contributed by atoms with E-state index in [4.69, 9.17) is 0 Å². The van der Waals surface area contributed by atoms with Crippen molar-refractivity contribution < 1.29 is 4.39 Å². The number of halogens is 1. The quantitative estimate of drug-likeness (QED) is 0.485. The van der Waals surface area contributed by atoms with Gasteiger partial charge in [-0.3, -0.25) is 0 Å². The van der Waals surface area contributed by atoms with Gasteiger partial charge >= 0.3 is 0 Å². The second-order valence-corrected chi connectivity index (χ2v) is 5.07. The van der Waals surface area contributed by atoms with Gasteiger partial charge in [-0.05, 0) is 49.9 Å². The summed E-state index contributed by atoms with van der Waals surface area (Å²) >= 11 is 0. The third kappa shape index (κ3) is 0.773. The van der Waals surface area contributed by atoms with Gasteiger partial charge in [-0.25, -0.2) is 4.39 Å². The van der Waals surface area contributed by atoms with Crippen LogP contribution in [0.1, 0.15) is 32.1 Å². The summed E-state index contributed by atoms with van der Waals surface area (Å²) in [5.41, 5.74) is 0.594. The van der Waals surface area contributed by atoms with Crippen molar-refractivity contribution >= 4 is 0 Å². The summed E-state index contributed by atoms with van der Waals surface area (Å²) in [7, 11) is 0. The maximum absolute atomic E-state index is 14.0. The smallest absolute Gasteiger partial charge is 0.112 e. The zero-order valence-electron chi connectivity index (χ0n) is 7.35. The average Bonchev–Trinajstić information content (AvgIpc) is 1.96. The zero-order valence-corrected chi connectivity index (χ0v) is 7.35. The molecule has 0 spiro atoms. The van der Waals surface area contributed by atoms with Gasteiger partial charge in [0.25, 0.3) is 0 Å². The Morgan fingerprint density at radius 1 is 1.17 bits per heavy atom. The summed E-state index contributed by atoms with van der Waals surface area (Å²) in [4.78, 5) is 0. The number of rotatable bonds is 0. The normalized spacial score (nSPS) is 56.4. The van der Waals surface area contributed by atoms with E-state index in [1.807, 2.05) is 0 Å². The lowest BCUT2D eigenvalue weighted by molar-refractivity contribution is -0.0404. The second-order valence-electron chi connectivity index (χ2n) is 5.07. The third-order valence-electron chi connectivity index (χ3n) is 4.16. The number of hydrogen-bond donors (Lipinski definition) is 0. The van der Waals surface area contributed by atoms with Gasteiger partial charge in [0.05, 0.1) is 0 Å². The molecular weight excluding hydrogens is 151 g/mol. The van der Waals surface area contributed by atoms with Gasteiger partial charge in [0.2, 0.25) is 0 Å². The highest BCUT2D eigenvalue weighted by Crippen LogP contribution is 2.58. The second kappa shape index (κ2) is 1.94. The molecule has 12 heavy (non-hydrogen) atoms. The first-order chi connectivity index (χ1) is 5.66. The van der Waals surface area contributed by atoms with Gasteiger partial charge in [0.1, 0.15) is 5.67 Å². The van der Waals surface area contributed by atoms with Gasteiger partial charge < -0.3 is 0 Å². The van der Waals surface area contributed by atoms with Crippen molar-refractivity contribution in [2.45, 2.75) is 37.8 Å². The minimum atomic E-state index is -0.780. The van der Waals surface area contributed by atoms with Crippen molar-refractivity contribution in [2.75, 3.05) is 0 Å². The number of hydrogen-bond acceptors (Lipinski definition) is 0. The summed E-state index contributed by atoms with van der Waals surface area (Å²) in [5.74, 6) is 1.78. The molecule has 4 rings (SSSR count). The Labute approximate surface area is 72.8 Å². The summed E-state index contributed by atoms with van der Waals surface area (Å²) in [6, 6.07) is 0. The summed E-state index contributed by atoms with van der Waals surface area (Å²) < 4.78 is 14.0. The molecular formula is C11H15F. The van der Waals surface area contributed by atoms with Crippen molar-refractivity contribution in [1.82, 2.24) is 0 Å². The van der Waals surface area contributed by atoms with Crippen LogP contribution in [0.5, 0.6) is 0 Å². The minimum absolute atomic E-state index is 0.543. The fraction of sp³-hybridized carbons (Fsp3) is 0.818. The van der Waals surface area contributed by atoms with Crippen molar-refractivity contribution in [3.63, 3.8) is 0 Å². The van der Waals surface area contributed by atoms with Crippen LogP contribution in [0.25, 0.3) is 0 Å². The summed E-state index contributed by atoms with van der Waals surface area (Å²) in [5, 5.41) is 0. The molecule has 4 saturated carbocycles. The van der Waals surface area contributed by atoms with E-state index in [2.05, 4.69) is 6.58 Å². The molecule has 0 aliphatic heterocycles. The van der Waals surface area contributed by atoms with Crippen molar-refractivity contribution in [3.8, 4) is 0 Å². The van der Waals surface area contributed by atoms with E-state index in [0.29, 0.717) is 17.8 Å². The van der Waals surface area contributed by atoms with Crippen LogP contribution in [0.15, 0.2) is 12.2 Å². The Balaban J connectivity index is 2.00. The van der Waals surface area contributed by atoms with Gasteiger partial charge in [-0.1, -0.05) is 12.2 Å². The number of allylic oxidation sites excluding steroid dienone is 1. The van der Waals surface area contributed by atoms with E-state index < -0.39 is 5.67 Å². The molecule has 0 nitrogen and oxygen atoms in total. The molecule has 4 fully saturated rings. The Morgan fingerprint density at radius 2 is 1.75 bits per heavy atom. The first-order valence-electron chi connectivity index (χ1n) is 5.04. The lowest BCUT2D eigenvalue weighted by Gasteiger charge is -2.54. The summed E-state index contributed by atoms with van der Waals surface area (Å²) in [6.07, 6.45) is 4.91. The SMILES string of the molecule is C=C1[C@@H]2CC3C[C@H]1CC(F)(C3)C2. The predicted octanol–water partition coefficient (Wildman–Crippen LogP) is 3.09. The van der Waals surface area contributed by atoms with E-state index in [-0.39, 0.29) is 0 Å². The highest BCUT2D eigenvalue weighted by Gasteiger charge is 2.52. The van der Waals surface area contributed by atoms with E-state index in [1.165, 1.54) is 18.4 Å². The van der Waals surface area contributed by atoms with Crippen LogP contribution in [0.2, 0.25) is 0 Å². The lowest BCUT2D eigenvalue weighted by atomic mass is 9.53. The molecule has 4 aliphatic carbocycles. The van der Waals surface area contributed by atoms with Gasteiger partial charge in [-0.2, -0.15) is 0 Å². The van der Waals surface area contributed by atoms with E-state index in [9.17, 15) is 4.39 Å². The minimum Gasteiger partial charge on any atom is -0.244 e. The molecule has 0 aromatic heterocycles. The van der Waals surface area contributed by atoms with Crippen LogP contribution in [-0.4, -0.2) is 5.67 Å². The number of alkyl halides is 1. The molecule has 0 aromatic rings. The van der Waals surface area contributed by atoms with E-state index in [0.717, 1.165) is 19.3 Å². The van der Waals surface area contributed by atoms with Gasteiger partial charge in [0.15, 0.2) is 0 Å². The molecule has 0 radical (unpaired) electrons. The fourth-order valence-electron chi connectivity index (χ4n) is 3.78. The first kappa shape index (κ1) is 7.11. The highest BCUT2D eigenvalue weighted by atomic mass is 19.1. The van der Waals surface area contributed by atoms with Crippen LogP contribution in [0.3, 0.4) is 0 Å². The molecule has 4 bridgehead atoms. The molecule has 0 amide bonds. The average molecular weight is 166 g/mol. The Kier molecular flexibility index (Phi) is 1.15. The molecule has 2 unspecified atom stereocenters. The lowest BCUT2D eigenvalue weighted by Crippen LogP contribution is -2.48. The third-order valence-corrected chi connectivity index (χ3v) is 4.16. The van der Waals surface area contributed by atoms with Crippen molar-refractivity contribution in [3.05, 3.63) is 12.2 Å². The van der Waals surface area contributed by atoms with Crippen LogP contribution in [0.4, 0.5) is 4.39 Å². The first-order valence-corrected chi connectivity index (χ1v) is 5.04. The monoisotopic (exact) mass is 166 g/mol.